The van der Waals surface area contributed by atoms with E-state index >= 15 is 0 Å². The van der Waals surface area contributed by atoms with E-state index in [1.165, 1.54) is 5.56 Å². The van der Waals surface area contributed by atoms with Gasteiger partial charge in [-0.15, -0.1) is 0 Å². The molecule has 0 aromatic carbocycles. The van der Waals surface area contributed by atoms with Gasteiger partial charge in [0.1, 0.15) is 18.1 Å². The maximum absolute atomic E-state index is 5.67. The summed E-state index contributed by atoms with van der Waals surface area (Å²) in [6.45, 7) is 10.2. The van der Waals surface area contributed by atoms with Crippen molar-refractivity contribution in [3.63, 3.8) is 0 Å². The lowest BCUT2D eigenvalue weighted by molar-refractivity contribution is -0.00654. The van der Waals surface area contributed by atoms with Crippen LogP contribution in [0.15, 0.2) is 10.5 Å². The molecule has 1 aromatic heterocycles. The van der Waals surface area contributed by atoms with Gasteiger partial charge in [-0.2, -0.15) is 0 Å². The van der Waals surface area contributed by atoms with E-state index in [1.54, 1.807) is 7.11 Å². The SMILES string of the molecule is COCC(C)OCc1cc(CNC(C)C)c(C)o1. The van der Waals surface area contributed by atoms with Gasteiger partial charge < -0.3 is 19.2 Å². The minimum absolute atomic E-state index is 0.0812. The first-order valence-corrected chi connectivity index (χ1v) is 6.45. The van der Waals surface area contributed by atoms with Crippen molar-refractivity contribution in [1.82, 2.24) is 5.32 Å². The molecule has 18 heavy (non-hydrogen) atoms. The van der Waals surface area contributed by atoms with E-state index in [1.807, 2.05) is 13.8 Å². The van der Waals surface area contributed by atoms with E-state index in [-0.39, 0.29) is 6.10 Å². The Kier molecular flexibility index (Phi) is 6.39. The van der Waals surface area contributed by atoms with E-state index in [9.17, 15) is 0 Å². The van der Waals surface area contributed by atoms with Gasteiger partial charge in [-0.1, -0.05) is 13.8 Å². The average molecular weight is 255 g/mol. The van der Waals surface area contributed by atoms with E-state index in [4.69, 9.17) is 13.9 Å². The fourth-order valence-corrected chi connectivity index (χ4v) is 1.66. The van der Waals surface area contributed by atoms with Crippen LogP contribution in [0.2, 0.25) is 0 Å². The molecular weight excluding hydrogens is 230 g/mol. The number of hydrogen-bond acceptors (Lipinski definition) is 4. The van der Waals surface area contributed by atoms with Gasteiger partial charge in [0.25, 0.3) is 0 Å². The molecule has 0 aliphatic rings. The molecule has 1 unspecified atom stereocenters. The summed E-state index contributed by atoms with van der Waals surface area (Å²) < 4.78 is 16.3. The first kappa shape index (κ1) is 15.2. The highest BCUT2D eigenvalue weighted by molar-refractivity contribution is 5.20. The summed E-state index contributed by atoms with van der Waals surface area (Å²) >= 11 is 0. The number of methoxy groups -OCH3 is 1. The van der Waals surface area contributed by atoms with Crippen molar-refractivity contribution in [1.29, 1.82) is 0 Å². The average Bonchev–Trinajstić information content (AvgIpc) is 2.65. The maximum atomic E-state index is 5.67. The zero-order chi connectivity index (χ0) is 13.5. The van der Waals surface area contributed by atoms with Crippen molar-refractivity contribution in [3.8, 4) is 0 Å². The minimum atomic E-state index is 0.0812. The molecule has 1 rings (SSSR count). The highest BCUT2D eigenvalue weighted by Gasteiger charge is 2.09. The maximum Gasteiger partial charge on any atom is 0.130 e. The van der Waals surface area contributed by atoms with Gasteiger partial charge in [0.15, 0.2) is 0 Å². The minimum Gasteiger partial charge on any atom is -0.464 e. The van der Waals surface area contributed by atoms with Crippen molar-refractivity contribution < 1.29 is 13.9 Å². The van der Waals surface area contributed by atoms with E-state index < -0.39 is 0 Å². The second-order valence-electron chi connectivity index (χ2n) is 4.91. The van der Waals surface area contributed by atoms with Crippen molar-refractivity contribution >= 4 is 0 Å². The molecule has 0 amide bonds. The van der Waals surface area contributed by atoms with Crippen molar-refractivity contribution in [2.24, 2.45) is 0 Å². The molecular formula is C14H25NO3. The smallest absolute Gasteiger partial charge is 0.130 e. The van der Waals surface area contributed by atoms with Gasteiger partial charge in [0.05, 0.1) is 12.7 Å². The van der Waals surface area contributed by atoms with Crippen LogP contribution >= 0.6 is 0 Å². The zero-order valence-corrected chi connectivity index (χ0v) is 12.1. The first-order valence-electron chi connectivity index (χ1n) is 6.45. The van der Waals surface area contributed by atoms with Crippen LogP contribution in [0.1, 0.15) is 37.9 Å². The van der Waals surface area contributed by atoms with Crippen LogP contribution in [0.3, 0.4) is 0 Å². The monoisotopic (exact) mass is 255 g/mol. The molecule has 104 valence electrons. The Labute approximate surface area is 110 Å². The third kappa shape index (κ3) is 5.21. The molecule has 1 N–H and O–H groups in total. The second kappa shape index (κ2) is 7.56. The van der Waals surface area contributed by atoms with Crippen molar-refractivity contribution in [3.05, 3.63) is 23.2 Å². The summed E-state index contributed by atoms with van der Waals surface area (Å²) in [6, 6.07) is 2.53. The lowest BCUT2D eigenvalue weighted by atomic mass is 10.2. The van der Waals surface area contributed by atoms with Crippen LogP contribution in [-0.4, -0.2) is 25.9 Å². The molecule has 0 aliphatic heterocycles. The van der Waals surface area contributed by atoms with Crippen LogP contribution in [0.25, 0.3) is 0 Å². The molecule has 0 aliphatic carbocycles. The number of ether oxygens (including phenoxy) is 2. The highest BCUT2D eigenvalue weighted by atomic mass is 16.5. The second-order valence-corrected chi connectivity index (χ2v) is 4.91. The van der Waals surface area contributed by atoms with Crippen LogP contribution in [0.4, 0.5) is 0 Å². The van der Waals surface area contributed by atoms with Gasteiger partial charge in [-0.25, -0.2) is 0 Å². The molecule has 0 bridgehead atoms. The zero-order valence-electron chi connectivity index (χ0n) is 12.1. The summed E-state index contributed by atoms with van der Waals surface area (Å²) in [6.07, 6.45) is 0.0812. The quantitative estimate of drug-likeness (QED) is 0.775. The van der Waals surface area contributed by atoms with Crippen molar-refractivity contribution in [2.45, 2.75) is 53.0 Å². The van der Waals surface area contributed by atoms with Crippen LogP contribution in [0.5, 0.6) is 0 Å². The summed E-state index contributed by atoms with van der Waals surface area (Å²) in [5, 5.41) is 3.38. The molecule has 4 nitrogen and oxygen atoms in total. The van der Waals surface area contributed by atoms with Gasteiger partial charge in [-0.3, -0.25) is 0 Å². The predicted octanol–water partition coefficient (Wildman–Crippen LogP) is 2.64. The fourth-order valence-electron chi connectivity index (χ4n) is 1.66. The number of hydrogen-bond donors (Lipinski definition) is 1. The number of aryl methyl sites for hydroxylation is 1. The highest BCUT2D eigenvalue weighted by Crippen LogP contribution is 2.16. The van der Waals surface area contributed by atoms with Crippen LogP contribution in [0, 0.1) is 6.92 Å². The topological polar surface area (TPSA) is 43.6 Å². The van der Waals surface area contributed by atoms with Gasteiger partial charge in [-0.05, 0) is 19.9 Å². The molecule has 0 radical (unpaired) electrons. The Morgan fingerprint density at radius 3 is 2.67 bits per heavy atom. The Morgan fingerprint density at radius 1 is 1.33 bits per heavy atom. The lowest BCUT2D eigenvalue weighted by Gasteiger charge is -2.10. The van der Waals surface area contributed by atoms with E-state index in [0.717, 1.165) is 18.1 Å². The van der Waals surface area contributed by atoms with Gasteiger partial charge in [0.2, 0.25) is 0 Å². The summed E-state index contributed by atoms with van der Waals surface area (Å²) in [4.78, 5) is 0. The number of nitrogens with one attached hydrogen (secondary N) is 1. The lowest BCUT2D eigenvalue weighted by Crippen LogP contribution is -2.21. The molecule has 0 saturated heterocycles. The molecule has 1 atom stereocenters. The molecule has 1 aromatic rings. The summed E-state index contributed by atoms with van der Waals surface area (Å²) in [7, 11) is 1.67. The molecule has 0 spiro atoms. The summed E-state index contributed by atoms with van der Waals surface area (Å²) in [5.41, 5.74) is 1.20. The fraction of sp³-hybridized carbons (Fsp3) is 0.714. The third-order valence-electron chi connectivity index (χ3n) is 2.68. The first-order chi connectivity index (χ1) is 8.52. The Bertz CT molecular complexity index is 347. The number of furan rings is 1. The van der Waals surface area contributed by atoms with Crippen molar-refractivity contribution in [2.75, 3.05) is 13.7 Å². The third-order valence-corrected chi connectivity index (χ3v) is 2.68. The normalized spacial score (nSPS) is 13.2. The standard InChI is InChI=1S/C14H25NO3/c1-10(2)15-7-13-6-14(18-12(13)4)9-17-11(3)8-16-5/h6,10-11,15H,7-9H2,1-5H3. The Morgan fingerprint density at radius 2 is 2.06 bits per heavy atom. The van der Waals surface area contributed by atoms with Gasteiger partial charge in [0, 0.05) is 25.3 Å². The van der Waals surface area contributed by atoms with E-state index in [2.05, 4.69) is 25.2 Å². The molecule has 0 fully saturated rings. The van der Waals surface area contributed by atoms with Gasteiger partial charge >= 0.3 is 0 Å². The van der Waals surface area contributed by atoms with Crippen LogP contribution < -0.4 is 5.32 Å². The molecule has 0 saturated carbocycles. The molecule has 4 heteroatoms. The Hall–Kier alpha value is -0.840. The predicted molar refractivity (Wildman–Crippen MR) is 71.5 cm³/mol. The number of rotatable bonds is 8. The molecule has 1 heterocycles. The van der Waals surface area contributed by atoms with E-state index in [0.29, 0.717) is 19.3 Å². The summed E-state index contributed by atoms with van der Waals surface area (Å²) in [5.74, 6) is 1.83. The van der Waals surface area contributed by atoms with Crippen LogP contribution in [-0.2, 0) is 22.6 Å². The Balaban J connectivity index is 2.45. The largest absolute Gasteiger partial charge is 0.464 e.